The highest BCUT2D eigenvalue weighted by Crippen LogP contribution is 2.22. The first-order valence-electron chi connectivity index (χ1n) is 6.90. The van der Waals surface area contributed by atoms with E-state index in [0.29, 0.717) is 6.42 Å². The van der Waals surface area contributed by atoms with Gasteiger partial charge in [0.1, 0.15) is 0 Å². The summed E-state index contributed by atoms with van der Waals surface area (Å²) in [5.74, 6) is -0.783. The molecule has 3 aromatic rings. The number of aryl methyl sites for hydroxylation is 1. The Morgan fingerprint density at radius 3 is 2.90 bits per heavy atom. The topological polar surface area (TPSA) is 70.9 Å². The number of fused-ring (bicyclic) bond motifs is 1. The predicted molar refractivity (Wildman–Crippen MR) is 80.9 cm³/mol. The van der Waals surface area contributed by atoms with Crippen LogP contribution < -0.4 is 0 Å². The molecular weight excluding hydrogens is 266 g/mol. The Morgan fingerprint density at radius 1 is 1.33 bits per heavy atom. The summed E-state index contributed by atoms with van der Waals surface area (Å²) < 4.78 is 1.88. The fourth-order valence-corrected chi connectivity index (χ4v) is 2.69. The summed E-state index contributed by atoms with van der Waals surface area (Å²) in [4.78, 5) is 13.9. The fraction of sp³-hybridized carbons (Fsp3) is 0.250. The van der Waals surface area contributed by atoms with Crippen molar-refractivity contribution >= 4 is 16.9 Å². The number of hydrogen-bond donors (Lipinski definition) is 2. The Labute approximate surface area is 122 Å². The highest BCUT2D eigenvalue weighted by Gasteiger charge is 2.14. The van der Waals surface area contributed by atoms with Gasteiger partial charge in [-0.05, 0) is 49.4 Å². The van der Waals surface area contributed by atoms with Crippen LogP contribution in [-0.2, 0) is 11.2 Å². The van der Waals surface area contributed by atoms with Gasteiger partial charge in [0.2, 0.25) is 0 Å². The second kappa shape index (κ2) is 5.09. The highest BCUT2D eigenvalue weighted by molar-refractivity contribution is 5.81. The molecule has 0 radical (unpaired) electrons. The van der Waals surface area contributed by atoms with Crippen molar-refractivity contribution in [3.63, 3.8) is 0 Å². The van der Waals surface area contributed by atoms with Crippen LogP contribution in [0.3, 0.4) is 0 Å². The molecule has 2 N–H and O–H groups in total. The Kier molecular flexibility index (Phi) is 3.25. The van der Waals surface area contributed by atoms with E-state index in [-0.39, 0.29) is 6.42 Å². The number of carboxylic acids is 1. The minimum Gasteiger partial charge on any atom is -0.481 e. The van der Waals surface area contributed by atoms with Crippen molar-refractivity contribution in [3.05, 3.63) is 47.4 Å². The number of aromatic nitrogens is 3. The molecule has 0 fully saturated rings. The Morgan fingerprint density at radius 2 is 2.14 bits per heavy atom. The number of hydrogen-bond acceptors (Lipinski definition) is 2. The van der Waals surface area contributed by atoms with Gasteiger partial charge in [-0.3, -0.25) is 4.79 Å². The fourth-order valence-electron chi connectivity index (χ4n) is 2.69. The zero-order valence-electron chi connectivity index (χ0n) is 12.1. The van der Waals surface area contributed by atoms with Crippen molar-refractivity contribution in [2.24, 2.45) is 0 Å². The molecule has 21 heavy (non-hydrogen) atoms. The molecule has 2 aromatic heterocycles. The van der Waals surface area contributed by atoms with Gasteiger partial charge in [-0.2, -0.15) is 5.10 Å². The molecule has 0 aliphatic rings. The van der Waals surface area contributed by atoms with E-state index in [1.165, 1.54) is 0 Å². The lowest BCUT2D eigenvalue weighted by atomic mass is 10.1. The van der Waals surface area contributed by atoms with Gasteiger partial charge < -0.3 is 10.1 Å². The van der Waals surface area contributed by atoms with Gasteiger partial charge in [0, 0.05) is 23.8 Å². The molecule has 108 valence electrons. The van der Waals surface area contributed by atoms with Gasteiger partial charge in [0.05, 0.1) is 11.4 Å². The van der Waals surface area contributed by atoms with Crippen LogP contribution in [0.4, 0.5) is 0 Å². The van der Waals surface area contributed by atoms with Crippen molar-refractivity contribution in [1.29, 1.82) is 0 Å². The van der Waals surface area contributed by atoms with Gasteiger partial charge in [0.15, 0.2) is 0 Å². The van der Waals surface area contributed by atoms with Gasteiger partial charge in [0.25, 0.3) is 0 Å². The normalized spacial score (nSPS) is 11.1. The summed E-state index contributed by atoms with van der Waals surface area (Å²) in [6.45, 7) is 3.91. The molecule has 1 aromatic carbocycles. The predicted octanol–water partition coefficient (Wildman–Crippen LogP) is 2.99. The molecule has 0 saturated heterocycles. The molecule has 0 amide bonds. The molecule has 0 aliphatic heterocycles. The van der Waals surface area contributed by atoms with E-state index in [0.717, 1.165) is 33.5 Å². The van der Waals surface area contributed by atoms with E-state index in [1.54, 1.807) is 0 Å². The van der Waals surface area contributed by atoms with E-state index in [2.05, 4.69) is 22.2 Å². The molecule has 5 nitrogen and oxygen atoms in total. The van der Waals surface area contributed by atoms with Crippen molar-refractivity contribution in [2.75, 3.05) is 0 Å². The second-order valence-electron chi connectivity index (χ2n) is 5.20. The molecule has 2 heterocycles. The average Bonchev–Trinajstić information content (AvgIpc) is 3.01. The smallest absolute Gasteiger partial charge is 0.303 e. The number of benzene rings is 1. The molecule has 3 rings (SSSR count). The van der Waals surface area contributed by atoms with Crippen molar-refractivity contribution < 1.29 is 9.90 Å². The highest BCUT2D eigenvalue weighted by atomic mass is 16.4. The molecule has 0 atom stereocenters. The van der Waals surface area contributed by atoms with Crippen LogP contribution in [0, 0.1) is 13.8 Å². The van der Waals surface area contributed by atoms with E-state index < -0.39 is 5.97 Å². The van der Waals surface area contributed by atoms with E-state index >= 15 is 0 Å². The summed E-state index contributed by atoms with van der Waals surface area (Å²) in [6, 6.07) is 8.15. The summed E-state index contributed by atoms with van der Waals surface area (Å²) in [5, 5.41) is 14.6. The average molecular weight is 283 g/mol. The first kappa shape index (κ1) is 13.4. The van der Waals surface area contributed by atoms with E-state index in [1.807, 2.05) is 36.9 Å². The summed E-state index contributed by atoms with van der Waals surface area (Å²) in [7, 11) is 0. The maximum atomic E-state index is 10.8. The quantitative estimate of drug-likeness (QED) is 0.773. The number of nitrogens with one attached hydrogen (secondary N) is 1. The number of aromatic amines is 1. The lowest BCUT2D eigenvalue weighted by Crippen LogP contribution is -2.01. The van der Waals surface area contributed by atoms with Gasteiger partial charge >= 0.3 is 5.97 Å². The minimum absolute atomic E-state index is 0.128. The Hall–Kier alpha value is -2.56. The number of carboxylic acid groups (broad SMARTS) is 1. The second-order valence-corrected chi connectivity index (χ2v) is 5.20. The number of H-pyrrole nitrogens is 1. The number of rotatable bonds is 4. The molecule has 5 heteroatoms. The van der Waals surface area contributed by atoms with Gasteiger partial charge in [-0.15, -0.1) is 0 Å². The van der Waals surface area contributed by atoms with Crippen molar-refractivity contribution in [3.8, 4) is 5.69 Å². The van der Waals surface area contributed by atoms with Crippen LogP contribution in [0.2, 0.25) is 0 Å². The lowest BCUT2D eigenvalue weighted by molar-refractivity contribution is -0.136. The van der Waals surface area contributed by atoms with Gasteiger partial charge in [-0.1, -0.05) is 6.07 Å². The van der Waals surface area contributed by atoms with Crippen LogP contribution in [0.15, 0.2) is 30.5 Å². The molecule has 0 bridgehead atoms. The number of nitrogens with zero attached hydrogens (tertiary/aromatic N) is 2. The third kappa shape index (κ3) is 2.42. The van der Waals surface area contributed by atoms with Crippen LogP contribution in [-0.4, -0.2) is 25.8 Å². The zero-order valence-corrected chi connectivity index (χ0v) is 12.1. The molecule has 0 aliphatic carbocycles. The summed E-state index contributed by atoms with van der Waals surface area (Å²) in [6.07, 6.45) is 2.55. The standard InChI is InChI=1S/C16H17N3O2/c1-10-14(5-6-16(20)21)11(2)19(18-10)13-4-3-12-7-8-17-15(12)9-13/h3-4,7-9,17H,5-6H2,1-2H3,(H,20,21). The maximum Gasteiger partial charge on any atom is 0.303 e. The molecule has 0 spiro atoms. The van der Waals surface area contributed by atoms with Crippen LogP contribution in [0.25, 0.3) is 16.6 Å². The molecular formula is C16H17N3O2. The molecule has 0 unspecified atom stereocenters. The van der Waals surface area contributed by atoms with Gasteiger partial charge in [-0.25, -0.2) is 4.68 Å². The number of carbonyl (C=O) groups is 1. The Balaban J connectivity index is 2.01. The summed E-state index contributed by atoms with van der Waals surface area (Å²) in [5.41, 5.74) is 4.95. The SMILES string of the molecule is Cc1nn(-c2ccc3cc[nH]c3c2)c(C)c1CCC(=O)O. The third-order valence-electron chi connectivity index (χ3n) is 3.81. The Bertz CT molecular complexity index is 814. The van der Waals surface area contributed by atoms with Crippen molar-refractivity contribution in [1.82, 2.24) is 14.8 Å². The zero-order chi connectivity index (χ0) is 15.0. The minimum atomic E-state index is -0.783. The largest absolute Gasteiger partial charge is 0.481 e. The van der Waals surface area contributed by atoms with Crippen molar-refractivity contribution in [2.45, 2.75) is 26.7 Å². The maximum absolute atomic E-state index is 10.8. The first-order chi connectivity index (χ1) is 10.1. The number of aliphatic carboxylic acids is 1. The third-order valence-corrected chi connectivity index (χ3v) is 3.81. The van der Waals surface area contributed by atoms with E-state index in [4.69, 9.17) is 5.11 Å². The lowest BCUT2D eigenvalue weighted by Gasteiger charge is -2.05. The monoisotopic (exact) mass is 283 g/mol. The van der Waals surface area contributed by atoms with Crippen LogP contribution in [0.1, 0.15) is 23.4 Å². The van der Waals surface area contributed by atoms with E-state index in [9.17, 15) is 4.79 Å². The van der Waals surface area contributed by atoms with Crippen LogP contribution >= 0.6 is 0 Å². The van der Waals surface area contributed by atoms with Crippen LogP contribution in [0.5, 0.6) is 0 Å². The summed E-state index contributed by atoms with van der Waals surface area (Å²) >= 11 is 0. The first-order valence-corrected chi connectivity index (χ1v) is 6.90. The molecule has 0 saturated carbocycles.